The lowest BCUT2D eigenvalue weighted by molar-refractivity contribution is 0.0600. The molecule has 0 aliphatic heterocycles. The lowest BCUT2D eigenvalue weighted by Gasteiger charge is -2.14. The van der Waals surface area contributed by atoms with Gasteiger partial charge in [-0.2, -0.15) is 5.10 Å². The molecule has 1 aliphatic rings. The van der Waals surface area contributed by atoms with Gasteiger partial charge in [0.1, 0.15) is 17.4 Å². The van der Waals surface area contributed by atoms with Crippen LogP contribution in [0.2, 0.25) is 0 Å². The van der Waals surface area contributed by atoms with E-state index in [1.807, 2.05) is 12.1 Å². The van der Waals surface area contributed by atoms with Gasteiger partial charge in [0.05, 0.1) is 18.7 Å². The van der Waals surface area contributed by atoms with Gasteiger partial charge in [-0.05, 0) is 36.1 Å². The summed E-state index contributed by atoms with van der Waals surface area (Å²) in [6.45, 7) is 0. The minimum absolute atomic E-state index is 0.173. The van der Waals surface area contributed by atoms with Gasteiger partial charge in [0.25, 0.3) is 5.91 Å². The van der Waals surface area contributed by atoms with Crippen molar-refractivity contribution in [2.24, 2.45) is 7.05 Å². The fourth-order valence-corrected chi connectivity index (χ4v) is 3.72. The van der Waals surface area contributed by atoms with E-state index in [4.69, 9.17) is 16.5 Å². The van der Waals surface area contributed by atoms with Crippen LogP contribution in [-0.4, -0.2) is 38.7 Å². The normalized spacial score (nSPS) is 15.3. The Morgan fingerprint density at radius 1 is 1.29 bits per heavy atom. The summed E-state index contributed by atoms with van der Waals surface area (Å²) in [4.78, 5) is 35.3. The van der Waals surface area contributed by atoms with E-state index in [0.717, 1.165) is 24.0 Å². The maximum atomic E-state index is 12.9. The first-order valence-corrected chi connectivity index (χ1v) is 8.97. The van der Waals surface area contributed by atoms with E-state index in [9.17, 15) is 9.59 Å². The SMILES string of the molecule is COC(=O)c1ccc2c(c1)CC[C@@H]2NC(=O)c1ncnc2c(NCl)n(C)nc12. The van der Waals surface area contributed by atoms with E-state index in [1.165, 1.54) is 18.1 Å². The van der Waals surface area contributed by atoms with Crippen molar-refractivity contribution in [3.05, 3.63) is 46.9 Å². The number of nitrogens with one attached hydrogen (secondary N) is 2. The third-order valence-electron chi connectivity index (χ3n) is 4.87. The van der Waals surface area contributed by atoms with Crippen LogP contribution < -0.4 is 10.2 Å². The highest BCUT2D eigenvalue weighted by molar-refractivity contribution is 6.25. The van der Waals surface area contributed by atoms with E-state index >= 15 is 0 Å². The standard InChI is InChI=1S/C18H17ClN6O3/c1-25-16(23-19)14-13(24-25)15(21-8-20-14)17(26)22-12-6-4-9-7-10(18(27)28-2)3-5-11(9)12/h3,5,7-8,12,23H,4,6H2,1-2H3,(H,22,26)/t12-/m0/s1. The van der Waals surface area contributed by atoms with E-state index < -0.39 is 0 Å². The Labute approximate surface area is 165 Å². The largest absolute Gasteiger partial charge is 0.465 e. The Kier molecular flexibility index (Phi) is 4.60. The summed E-state index contributed by atoms with van der Waals surface area (Å²) >= 11 is 5.72. The average molecular weight is 401 g/mol. The Balaban J connectivity index is 1.61. The summed E-state index contributed by atoms with van der Waals surface area (Å²) < 4.78 is 6.26. The minimum atomic E-state index is -0.377. The molecule has 1 atom stereocenters. The number of carbonyl (C=O) groups excluding carboxylic acids is 2. The van der Waals surface area contributed by atoms with Gasteiger partial charge in [-0.25, -0.2) is 19.4 Å². The number of ether oxygens (including phenoxy) is 1. The molecule has 0 radical (unpaired) electrons. The fraction of sp³-hybridized carbons (Fsp3) is 0.278. The first kappa shape index (κ1) is 18.2. The van der Waals surface area contributed by atoms with Gasteiger partial charge >= 0.3 is 5.97 Å². The maximum absolute atomic E-state index is 12.9. The molecule has 9 nitrogen and oxygen atoms in total. The number of aryl methyl sites for hydroxylation is 2. The van der Waals surface area contributed by atoms with Crippen molar-refractivity contribution in [3.8, 4) is 0 Å². The van der Waals surface area contributed by atoms with Crippen LogP contribution in [-0.2, 0) is 18.2 Å². The lowest BCUT2D eigenvalue weighted by atomic mass is 10.0. The number of aromatic nitrogens is 4. The minimum Gasteiger partial charge on any atom is -0.465 e. The van der Waals surface area contributed by atoms with Crippen LogP contribution in [0.5, 0.6) is 0 Å². The number of amides is 1. The van der Waals surface area contributed by atoms with Crippen molar-refractivity contribution in [1.82, 2.24) is 25.1 Å². The zero-order chi connectivity index (χ0) is 19.8. The molecule has 0 unspecified atom stereocenters. The Morgan fingerprint density at radius 2 is 2.11 bits per heavy atom. The van der Waals surface area contributed by atoms with E-state index in [0.29, 0.717) is 22.4 Å². The van der Waals surface area contributed by atoms with Gasteiger partial charge < -0.3 is 10.1 Å². The third-order valence-corrected chi connectivity index (χ3v) is 5.05. The Morgan fingerprint density at radius 3 is 2.86 bits per heavy atom. The molecule has 10 heteroatoms. The first-order chi connectivity index (χ1) is 13.5. The third kappa shape index (κ3) is 2.93. The predicted molar refractivity (Wildman–Crippen MR) is 102 cm³/mol. The van der Waals surface area contributed by atoms with Gasteiger partial charge in [0.15, 0.2) is 11.5 Å². The maximum Gasteiger partial charge on any atom is 0.337 e. The van der Waals surface area contributed by atoms with Gasteiger partial charge in [-0.15, -0.1) is 0 Å². The molecule has 1 aromatic carbocycles. The summed E-state index contributed by atoms with van der Waals surface area (Å²) in [5.41, 5.74) is 3.51. The predicted octanol–water partition coefficient (Wildman–Crippen LogP) is 2.13. The van der Waals surface area contributed by atoms with E-state index in [2.05, 4.69) is 25.2 Å². The number of carbonyl (C=O) groups is 2. The molecule has 2 N–H and O–H groups in total. The molecule has 0 fully saturated rings. The Hall–Kier alpha value is -3.20. The topological polar surface area (TPSA) is 111 Å². The molecule has 144 valence electrons. The monoisotopic (exact) mass is 400 g/mol. The van der Waals surface area contributed by atoms with Gasteiger partial charge in [0.2, 0.25) is 0 Å². The van der Waals surface area contributed by atoms with Gasteiger partial charge in [-0.3, -0.25) is 9.63 Å². The van der Waals surface area contributed by atoms with E-state index in [1.54, 1.807) is 13.1 Å². The van der Waals surface area contributed by atoms with Gasteiger partial charge in [-0.1, -0.05) is 6.07 Å². The summed E-state index contributed by atoms with van der Waals surface area (Å²) in [5.74, 6) is -0.242. The number of hydrogen-bond acceptors (Lipinski definition) is 7. The molecular formula is C18H17ClN6O3. The van der Waals surface area contributed by atoms with Crippen molar-refractivity contribution in [3.63, 3.8) is 0 Å². The number of anilines is 1. The highest BCUT2D eigenvalue weighted by Crippen LogP contribution is 2.32. The number of nitrogens with zero attached hydrogens (tertiary/aromatic N) is 4. The highest BCUT2D eigenvalue weighted by Gasteiger charge is 2.27. The van der Waals surface area contributed by atoms with Crippen LogP contribution in [0.1, 0.15) is 44.4 Å². The zero-order valence-corrected chi connectivity index (χ0v) is 15.9. The molecule has 1 amide bonds. The molecule has 0 saturated heterocycles. The summed E-state index contributed by atoms with van der Waals surface area (Å²) in [6.07, 6.45) is 2.80. The average Bonchev–Trinajstić information content (AvgIpc) is 3.26. The molecule has 3 aromatic rings. The molecule has 2 aromatic heterocycles. The van der Waals surface area contributed by atoms with Crippen molar-refractivity contribution in [2.45, 2.75) is 18.9 Å². The summed E-state index contributed by atoms with van der Waals surface area (Å²) in [5, 5.41) is 7.30. The fourth-order valence-electron chi connectivity index (χ4n) is 3.51. The van der Waals surface area contributed by atoms with Crippen molar-refractivity contribution >= 4 is 40.5 Å². The van der Waals surface area contributed by atoms with Crippen molar-refractivity contribution in [1.29, 1.82) is 0 Å². The lowest BCUT2D eigenvalue weighted by Crippen LogP contribution is -2.28. The van der Waals surface area contributed by atoms with Crippen LogP contribution in [0.3, 0.4) is 0 Å². The molecule has 28 heavy (non-hydrogen) atoms. The van der Waals surface area contributed by atoms with Crippen LogP contribution in [0.25, 0.3) is 11.0 Å². The quantitative estimate of drug-likeness (QED) is 0.509. The van der Waals surface area contributed by atoms with Gasteiger partial charge in [0, 0.05) is 18.8 Å². The molecule has 2 heterocycles. The second kappa shape index (κ2) is 7.08. The second-order valence-electron chi connectivity index (χ2n) is 6.46. The molecular weight excluding hydrogens is 384 g/mol. The molecule has 0 bridgehead atoms. The second-order valence-corrected chi connectivity index (χ2v) is 6.65. The number of esters is 1. The molecule has 4 rings (SSSR count). The van der Waals surface area contributed by atoms with Crippen LogP contribution >= 0.6 is 11.8 Å². The number of halogens is 1. The first-order valence-electron chi connectivity index (χ1n) is 8.59. The van der Waals surface area contributed by atoms with Crippen molar-refractivity contribution < 1.29 is 14.3 Å². The molecule has 1 aliphatic carbocycles. The summed E-state index contributed by atoms with van der Waals surface area (Å²) in [7, 11) is 3.05. The number of benzene rings is 1. The molecule has 0 spiro atoms. The highest BCUT2D eigenvalue weighted by atomic mass is 35.5. The Bertz CT molecular complexity index is 1100. The van der Waals surface area contributed by atoms with E-state index in [-0.39, 0.29) is 23.6 Å². The van der Waals surface area contributed by atoms with Crippen LogP contribution in [0.4, 0.5) is 5.82 Å². The number of fused-ring (bicyclic) bond motifs is 2. The molecule has 0 saturated carbocycles. The van der Waals surface area contributed by atoms with Crippen molar-refractivity contribution in [2.75, 3.05) is 11.9 Å². The smallest absolute Gasteiger partial charge is 0.337 e. The number of rotatable bonds is 4. The summed E-state index contributed by atoms with van der Waals surface area (Å²) in [6, 6.07) is 5.20. The number of hydrogen-bond donors (Lipinski definition) is 2. The number of methoxy groups -OCH3 is 1. The van der Waals surface area contributed by atoms with Crippen LogP contribution in [0, 0.1) is 0 Å². The van der Waals surface area contributed by atoms with Crippen LogP contribution in [0.15, 0.2) is 24.5 Å². The zero-order valence-electron chi connectivity index (χ0n) is 15.2.